The second-order valence-electron chi connectivity index (χ2n) is 11.8. The van der Waals surface area contributed by atoms with Crippen LogP contribution in [0.25, 0.3) is 44.2 Å². The lowest BCUT2D eigenvalue weighted by Crippen LogP contribution is -2.61. The summed E-state index contributed by atoms with van der Waals surface area (Å²) >= 11 is 0. The maximum absolute atomic E-state index is 12.6. The third-order valence-electron chi connectivity index (χ3n) is 7.66. The van der Waals surface area contributed by atoms with Gasteiger partial charge in [0.2, 0.25) is 0 Å². The maximum atomic E-state index is 12.6. The number of carboxylic acid groups (broad SMARTS) is 1. The Labute approximate surface area is 244 Å². The molecule has 1 unspecified atom stereocenters. The lowest BCUT2D eigenvalue weighted by atomic mass is 9.98. The zero-order valence-corrected chi connectivity index (χ0v) is 24.0. The lowest BCUT2D eigenvalue weighted by molar-refractivity contribution is -0.312. The first-order valence-corrected chi connectivity index (χ1v) is 14.2. The number of amides is 1. The second-order valence-corrected chi connectivity index (χ2v) is 11.8. The fraction of sp³-hybridized carbons (Fsp3) is 0.257. The van der Waals surface area contributed by atoms with Crippen molar-refractivity contribution in [2.24, 2.45) is 0 Å². The zero-order valence-electron chi connectivity index (χ0n) is 24.0. The van der Waals surface area contributed by atoms with E-state index in [9.17, 15) is 14.7 Å². The van der Waals surface area contributed by atoms with Gasteiger partial charge in [0, 0.05) is 42.5 Å². The molecule has 5 aromatic rings. The predicted octanol–water partition coefficient (Wildman–Crippen LogP) is 6.09. The molecule has 0 radical (unpaired) electrons. The Morgan fingerprint density at radius 3 is 2.17 bits per heavy atom. The van der Waals surface area contributed by atoms with Crippen molar-refractivity contribution in [3.05, 3.63) is 96.6 Å². The molecular weight excluding hydrogens is 528 g/mol. The molecule has 0 spiro atoms. The summed E-state index contributed by atoms with van der Waals surface area (Å²) in [7, 11) is 0. The molecule has 1 fully saturated rings. The Morgan fingerprint density at radius 2 is 1.48 bits per heavy atom. The van der Waals surface area contributed by atoms with E-state index in [2.05, 4.69) is 72.8 Å². The van der Waals surface area contributed by atoms with Crippen LogP contribution in [0.15, 0.2) is 95.4 Å². The first-order chi connectivity index (χ1) is 20.2. The highest BCUT2D eigenvalue weighted by Gasteiger charge is 2.34. The first kappa shape index (κ1) is 27.5. The molecule has 1 aromatic heterocycles. The Morgan fingerprint density at radius 1 is 0.833 bits per heavy atom. The minimum atomic E-state index is -1.28. The van der Waals surface area contributed by atoms with Crippen LogP contribution in [0.4, 0.5) is 4.79 Å². The summed E-state index contributed by atoms with van der Waals surface area (Å²) in [6, 6.07) is 30.1. The van der Waals surface area contributed by atoms with E-state index in [1.165, 1.54) is 4.90 Å². The molecule has 1 saturated heterocycles. The lowest BCUT2D eigenvalue weighted by Gasteiger charge is -2.42. The third kappa shape index (κ3) is 5.60. The molecule has 1 amide bonds. The van der Waals surface area contributed by atoms with Crippen LogP contribution in [0.2, 0.25) is 0 Å². The molecule has 7 nitrogen and oxygen atoms in total. The van der Waals surface area contributed by atoms with Crippen molar-refractivity contribution < 1.29 is 23.8 Å². The average Bonchev–Trinajstić information content (AvgIpc) is 3.36. The van der Waals surface area contributed by atoms with E-state index in [-0.39, 0.29) is 13.1 Å². The van der Waals surface area contributed by atoms with Crippen LogP contribution in [0, 0.1) is 0 Å². The molecule has 0 N–H and O–H groups in total. The molecule has 7 heteroatoms. The monoisotopic (exact) mass is 561 g/mol. The standard InChI is InChI=1S/C35H34N2O5/c1-35(2,3)42-34(40)37-20-19-36(22-30(37)33(38)39)21-23-11-13-24(14-12-23)25-15-17-26(18-16-25)27-8-6-9-29-28-7-4-5-10-31(28)41-32(27)29/h4-18,30H,19-22H2,1-3H3,(H,38,39)/p-1. The van der Waals surface area contributed by atoms with Crippen LogP contribution in [-0.2, 0) is 16.1 Å². The number of rotatable bonds is 5. The van der Waals surface area contributed by atoms with Crippen molar-refractivity contribution >= 4 is 34.0 Å². The van der Waals surface area contributed by atoms with Crippen molar-refractivity contribution in [2.75, 3.05) is 19.6 Å². The smallest absolute Gasteiger partial charge is 0.410 e. The highest BCUT2D eigenvalue weighted by atomic mass is 16.6. The SMILES string of the molecule is CC(C)(C)OC(=O)N1CCN(Cc2ccc(-c3ccc(-c4cccc5c4oc4ccccc45)cc3)cc2)CC1C(=O)[O-]. The van der Waals surface area contributed by atoms with E-state index < -0.39 is 23.7 Å². The number of ether oxygens (including phenoxy) is 1. The number of piperazine rings is 1. The Kier molecular flexibility index (Phi) is 7.21. The molecule has 1 atom stereocenters. The van der Waals surface area contributed by atoms with E-state index in [0.717, 1.165) is 49.8 Å². The first-order valence-electron chi connectivity index (χ1n) is 14.2. The average molecular weight is 562 g/mol. The van der Waals surface area contributed by atoms with Gasteiger partial charge in [0.1, 0.15) is 16.8 Å². The molecule has 214 valence electrons. The van der Waals surface area contributed by atoms with Gasteiger partial charge >= 0.3 is 6.09 Å². The third-order valence-corrected chi connectivity index (χ3v) is 7.66. The van der Waals surface area contributed by atoms with Gasteiger partial charge in [-0.25, -0.2) is 4.79 Å². The van der Waals surface area contributed by atoms with E-state index in [4.69, 9.17) is 9.15 Å². The number of carbonyl (C=O) groups is 2. The number of fused-ring (bicyclic) bond motifs is 3. The number of carbonyl (C=O) groups excluding carboxylic acids is 2. The van der Waals surface area contributed by atoms with Crippen LogP contribution in [0.5, 0.6) is 0 Å². The van der Waals surface area contributed by atoms with Gasteiger partial charge < -0.3 is 19.1 Å². The van der Waals surface area contributed by atoms with Gasteiger partial charge in [-0.2, -0.15) is 0 Å². The Bertz CT molecular complexity index is 1750. The van der Waals surface area contributed by atoms with Gasteiger partial charge in [0.05, 0.1) is 12.0 Å². The zero-order chi connectivity index (χ0) is 29.4. The van der Waals surface area contributed by atoms with E-state index >= 15 is 0 Å². The van der Waals surface area contributed by atoms with E-state index in [1.54, 1.807) is 20.8 Å². The van der Waals surface area contributed by atoms with Gasteiger partial charge in [0.15, 0.2) is 0 Å². The minimum Gasteiger partial charge on any atom is -0.548 e. The summed E-state index contributed by atoms with van der Waals surface area (Å²) in [6.07, 6.45) is -0.624. The fourth-order valence-electron chi connectivity index (χ4n) is 5.60. The largest absolute Gasteiger partial charge is 0.548 e. The van der Waals surface area contributed by atoms with Crippen molar-refractivity contribution in [2.45, 2.75) is 39.0 Å². The van der Waals surface area contributed by atoms with Crippen molar-refractivity contribution in [3.8, 4) is 22.3 Å². The number of para-hydroxylation sites is 2. The van der Waals surface area contributed by atoms with Gasteiger partial charge in [-0.1, -0.05) is 84.9 Å². The number of furan rings is 1. The van der Waals surface area contributed by atoms with Crippen LogP contribution in [-0.4, -0.2) is 53.1 Å². The summed E-state index contributed by atoms with van der Waals surface area (Å²) < 4.78 is 11.6. The maximum Gasteiger partial charge on any atom is 0.410 e. The van der Waals surface area contributed by atoms with Crippen LogP contribution in [0.1, 0.15) is 26.3 Å². The normalized spacial score (nSPS) is 16.2. The molecule has 0 bridgehead atoms. The van der Waals surface area contributed by atoms with Gasteiger partial charge in [0.25, 0.3) is 0 Å². The highest BCUT2D eigenvalue weighted by molar-refractivity contribution is 6.09. The quantitative estimate of drug-likeness (QED) is 0.258. The second kappa shape index (κ2) is 11.0. The summed E-state index contributed by atoms with van der Waals surface area (Å²) in [4.78, 5) is 27.7. The van der Waals surface area contributed by atoms with Gasteiger partial charge in [-0.15, -0.1) is 0 Å². The number of hydrogen-bond donors (Lipinski definition) is 0. The summed E-state index contributed by atoms with van der Waals surface area (Å²) in [5.74, 6) is -1.28. The molecule has 2 heterocycles. The Hall–Kier alpha value is -4.62. The van der Waals surface area contributed by atoms with Crippen LogP contribution < -0.4 is 5.11 Å². The number of hydrogen-bond acceptors (Lipinski definition) is 6. The number of carboxylic acids is 1. The van der Waals surface area contributed by atoms with E-state index in [1.807, 2.05) is 23.1 Å². The fourth-order valence-corrected chi connectivity index (χ4v) is 5.60. The summed E-state index contributed by atoms with van der Waals surface area (Å²) in [5.41, 5.74) is 6.49. The number of aliphatic carboxylic acids is 1. The van der Waals surface area contributed by atoms with Gasteiger partial charge in [-0.3, -0.25) is 9.80 Å². The van der Waals surface area contributed by atoms with Crippen LogP contribution >= 0.6 is 0 Å². The minimum absolute atomic E-state index is 0.183. The van der Waals surface area contributed by atoms with Crippen LogP contribution in [0.3, 0.4) is 0 Å². The summed E-state index contributed by atoms with van der Waals surface area (Å²) in [5, 5.41) is 14.1. The van der Waals surface area contributed by atoms with E-state index in [0.29, 0.717) is 13.1 Å². The predicted molar refractivity (Wildman–Crippen MR) is 162 cm³/mol. The highest BCUT2D eigenvalue weighted by Crippen LogP contribution is 2.36. The number of nitrogens with zero attached hydrogens (tertiary/aromatic N) is 2. The summed E-state index contributed by atoms with van der Waals surface area (Å²) in [6.45, 7) is 6.85. The molecular formula is C35H33N2O5-. The van der Waals surface area contributed by atoms with Crippen molar-refractivity contribution in [3.63, 3.8) is 0 Å². The molecule has 42 heavy (non-hydrogen) atoms. The number of benzene rings is 4. The van der Waals surface area contributed by atoms with Crippen molar-refractivity contribution in [1.82, 2.24) is 9.80 Å². The molecule has 6 rings (SSSR count). The Balaban J connectivity index is 1.14. The molecule has 1 aliphatic heterocycles. The topological polar surface area (TPSA) is 86.0 Å². The van der Waals surface area contributed by atoms with Crippen molar-refractivity contribution in [1.29, 1.82) is 0 Å². The molecule has 0 saturated carbocycles. The molecule has 0 aliphatic carbocycles. The van der Waals surface area contributed by atoms with Gasteiger partial charge in [-0.05, 0) is 49.1 Å². The molecule has 1 aliphatic rings. The molecule has 4 aromatic carbocycles.